The van der Waals surface area contributed by atoms with Crippen molar-refractivity contribution < 1.29 is 9.53 Å². The van der Waals surface area contributed by atoms with E-state index in [0.29, 0.717) is 18.2 Å². The second-order valence-corrected chi connectivity index (χ2v) is 7.50. The zero-order valence-corrected chi connectivity index (χ0v) is 15.8. The number of nitrogens with zero attached hydrogens (tertiary/aromatic N) is 2. The first-order valence-corrected chi connectivity index (χ1v) is 9.49. The lowest BCUT2D eigenvalue weighted by Crippen LogP contribution is -2.62. The van der Waals surface area contributed by atoms with Gasteiger partial charge in [-0.25, -0.2) is 0 Å². The third-order valence-electron chi connectivity index (χ3n) is 5.55. The fourth-order valence-corrected chi connectivity index (χ4v) is 3.99. The highest BCUT2D eigenvalue weighted by molar-refractivity contribution is 5.92. The molecule has 5 nitrogen and oxygen atoms in total. The number of carbonyl (C=O) groups is 1. The molecule has 2 heterocycles. The van der Waals surface area contributed by atoms with Crippen molar-refractivity contribution in [2.24, 2.45) is 0 Å². The third-order valence-corrected chi connectivity index (χ3v) is 5.55. The fraction of sp³-hybridized carbons (Fsp3) is 0.650. The zero-order valence-electron chi connectivity index (χ0n) is 15.8. The number of benzene rings is 1. The molecule has 2 aliphatic rings. The number of anilines is 1. The van der Waals surface area contributed by atoms with Crippen molar-refractivity contribution in [1.82, 2.24) is 9.80 Å². The van der Waals surface area contributed by atoms with E-state index in [1.807, 2.05) is 25.1 Å². The minimum Gasteiger partial charge on any atom is -0.495 e. The summed E-state index contributed by atoms with van der Waals surface area (Å²) < 4.78 is 5.32. The van der Waals surface area contributed by atoms with Crippen molar-refractivity contribution >= 4 is 11.6 Å². The molecule has 0 radical (unpaired) electrons. The van der Waals surface area contributed by atoms with Gasteiger partial charge in [-0.3, -0.25) is 14.6 Å². The van der Waals surface area contributed by atoms with Crippen LogP contribution in [-0.2, 0) is 4.79 Å². The molecule has 1 amide bonds. The number of hydrogen-bond acceptors (Lipinski definition) is 4. The normalized spacial score (nSPS) is 22.4. The van der Waals surface area contributed by atoms with Crippen LogP contribution in [0.2, 0.25) is 0 Å². The predicted molar refractivity (Wildman–Crippen MR) is 101 cm³/mol. The Labute approximate surface area is 151 Å². The van der Waals surface area contributed by atoms with Crippen molar-refractivity contribution in [2.45, 2.75) is 51.6 Å². The van der Waals surface area contributed by atoms with E-state index in [-0.39, 0.29) is 5.91 Å². The molecule has 1 aromatic rings. The molecule has 1 N–H and O–H groups in total. The van der Waals surface area contributed by atoms with E-state index in [0.717, 1.165) is 36.9 Å². The van der Waals surface area contributed by atoms with Gasteiger partial charge in [-0.2, -0.15) is 0 Å². The molecular formula is C20H31N3O2. The molecular weight excluding hydrogens is 314 g/mol. The van der Waals surface area contributed by atoms with E-state index in [1.165, 1.54) is 25.8 Å². The van der Waals surface area contributed by atoms with Gasteiger partial charge in [-0.1, -0.05) is 12.5 Å². The molecule has 0 bridgehead atoms. The van der Waals surface area contributed by atoms with Crippen molar-refractivity contribution in [3.05, 3.63) is 23.8 Å². The molecule has 0 aliphatic carbocycles. The average molecular weight is 345 g/mol. The van der Waals surface area contributed by atoms with Gasteiger partial charge in [0.2, 0.25) is 5.91 Å². The van der Waals surface area contributed by atoms with Gasteiger partial charge in [-0.15, -0.1) is 0 Å². The first-order chi connectivity index (χ1) is 12.1. The van der Waals surface area contributed by atoms with Gasteiger partial charge in [0.05, 0.1) is 12.8 Å². The maximum Gasteiger partial charge on any atom is 0.225 e. The van der Waals surface area contributed by atoms with E-state index in [1.54, 1.807) is 7.11 Å². The van der Waals surface area contributed by atoms with Gasteiger partial charge >= 0.3 is 0 Å². The van der Waals surface area contributed by atoms with E-state index >= 15 is 0 Å². The molecule has 5 heteroatoms. The lowest BCUT2D eigenvalue weighted by molar-refractivity contribution is -0.117. The summed E-state index contributed by atoms with van der Waals surface area (Å²) in [6.45, 7) is 8.64. The molecule has 2 aliphatic heterocycles. The van der Waals surface area contributed by atoms with E-state index < -0.39 is 0 Å². The largest absolute Gasteiger partial charge is 0.495 e. The van der Waals surface area contributed by atoms with Gasteiger partial charge in [0.25, 0.3) is 0 Å². The maximum absolute atomic E-state index is 12.3. The number of amides is 1. The highest BCUT2D eigenvalue weighted by Gasteiger charge is 2.34. The smallest absolute Gasteiger partial charge is 0.225 e. The molecule has 138 valence electrons. The van der Waals surface area contributed by atoms with Crippen LogP contribution >= 0.6 is 0 Å². The third kappa shape index (κ3) is 4.53. The van der Waals surface area contributed by atoms with Crippen molar-refractivity contribution in [1.29, 1.82) is 0 Å². The number of rotatable bonds is 6. The van der Waals surface area contributed by atoms with Crippen LogP contribution in [0.3, 0.4) is 0 Å². The Morgan fingerprint density at radius 1 is 1.32 bits per heavy atom. The molecule has 1 atom stereocenters. The highest BCUT2D eigenvalue weighted by atomic mass is 16.5. The second-order valence-electron chi connectivity index (χ2n) is 7.50. The molecule has 1 aromatic carbocycles. The van der Waals surface area contributed by atoms with Crippen LogP contribution in [-0.4, -0.2) is 61.1 Å². The molecule has 0 aromatic heterocycles. The van der Waals surface area contributed by atoms with Gasteiger partial charge in [0.15, 0.2) is 0 Å². The summed E-state index contributed by atoms with van der Waals surface area (Å²) in [7, 11) is 1.63. The van der Waals surface area contributed by atoms with Crippen molar-refractivity contribution in [3.8, 4) is 5.75 Å². The molecule has 2 fully saturated rings. The highest BCUT2D eigenvalue weighted by Crippen LogP contribution is 2.26. The lowest BCUT2D eigenvalue weighted by atomic mass is 9.97. The second kappa shape index (κ2) is 8.19. The quantitative estimate of drug-likeness (QED) is 0.861. The summed E-state index contributed by atoms with van der Waals surface area (Å²) in [4.78, 5) is 17.3. The number of aryl methyl sites for hydroxylation is 1. The summed E-state index contributed by atoms with van der Waals surface area (Å²) >= 11 is 0. The van der Waals surface area contributed by atoms with Crippen LogP contribution < -0.4 is 10.1 Å². The molecule has 3 rings (SSSR count). The zero-order chi connectivity index (χ0) is 17.8. The van der Waals surface area contributed by atoms with E-state index in [4.69, 9.17) is 4.74 Å². The number of nitrogens with one attached hydrogen (secondary N) is 1. The Balaban J connectivity index is 1.41. The van der Waals surface area contributed by atoms with Crippen LogP contribution in [0.1, 0.15) is 38.2 Å². The summed E-state index contributed by atoms with van der Waals surface area (Å²) in [6.07, 6.45) is 4.56. The number of carbonyl (C=O) groups excluding carboxylic acids is 1. The van der Waals surface area contributed by atoms with Gasteiger partial charge < -0.3 is 10.1 Å². The minimum absolute atomic E-state index is 0.0543. The van der Waals surface area contributed by atoms with Crippen LogP contribution in [0, 0.1) is 6.92 Å². The number of ether oxygens (including phenoxy) is 1. The molecule has 0 unspecified atom stereocenters. The van der Waals surface area contributed by atoms with Crippen molar-refractivity contribution in [3.63, 3.8) is 0 Å². The average Bonchev–Trinajstić information content (AvgIpc) is 2.55. The number of hydrogen-bond donors (Lipinski definition) is 1. The van der Waals surface area contributed by atoms with Crippen LogP contribution in [0.5, 0.6) is 5.75 Å². The Bertz CT molecular complexity index is 599. The van der Waals surface area contributed by atoms with Gasteiger partial charge in [0, 0.05) is 38.1 Å². The van der Waals surface area contributed by atoms with E-state index in [9.17, 15) is 4.79 Å². The molecule has 0 saturated carbocycles. The minimum atomic E-state index is 0.0543. The maximum atomic E-state index is 12.3. The molecule has 25 heavy (non-hydrogen) atoms. The summed E-state index contributed by atoms with van der Waals surface area (Å²) in [6, 6.07) is 7.24. The molecule has 0 spiro atoms. The van der Waals surface area contributed by atoms with Crippen molar-refractivity contribution in [2.75, 3.05) is 38.6 Å². The Kier molecular flexibility index (Phi) is 5.97. The van der Waals surface area contributed by atoms with Crippen LogP contribution in [0.25, 0.3) is 0 Å². The summed E-state index contributed by atoms with van der Waals surface area (Å²) in [5, 5.41) is 2.99. The number of methoxy groups -OCH3 is 1. The Hall–Kier alpha value is -1.59. The predicted octanol–water partition coefficient (Wildman–Crippen LogP) is 2.89. The van der Waals surface area contributed by atoms with Crippen LogP contribution in [0.15, 0.2) is 18.2 Å². The van der Waals surface area contributed by atoms with Gasteiger partial charge in [-0.05, 0) is 50.9 Å². The fourth-order valence-electron chi connectivity index (χ4n) is 3.99. The Morgan fingerprint density at radius 2 is 2.12 bits per heavy atom. The lowest BCUT2D eigenvalue weighted by Gasteiger charge is -2.49. The van der Waals surface area contributed by atoms with Gasteiger partial charge in [0.1, 0.15) is 5.75 Å². The number of piperidine rings is 1. The monoisotopic (exact) mass is 345 g/mol. The first-order valence-electron chi connectivity index (χ1n) is 9.49. The molecule has 2 saturated heterocycles. The SMILES string of the molecule is COc1ccc(C)cc1NC(=O)CCN1CC(N2CCCC[C@H]2C)C1. The standard InChI is InChI=1S/C20H31N3O2/c1-15-7-8-19(25-3)18(12-15)21-20(24)9-11-22-13-17(14-22)23-10-5-4-6-16(23)2/h7-8,12,16-17H,4-6,9-11,13-14H2,1-3H3,(H,21,24)/t16-/m1/s1. The first kappa shape index (κ1) is 18.2. The van der Waals surface area contributed by atoms with E-state index in [2.05, 4.69) is 22.0 Å². The number of likely N-dealkylation sites (tertiary alicyclic amines) is 2. The Morgan fingerprint density at radius 3 is 2.84 bits per heavy atom. The van der Waals surface area contributed by atoms with Crippen LogP contribution in [0.4, 0.5) is 5.69 Å². The summed E-state index contributed by atoms with van der Waals surface area (Å²) in [5.74, 6) is 0.765. The topological polar surface area (TPSA) is 44.8 Å². The summed E-state index contributed by atoms with van der Waals surface area (Å²) in [5.41, 5.74) is 1.87.